The van der Waals surface area contributed by atoms with E-state index in [2.05, 4.69) is 78.0 Å². The van der Waals surface area contributed by atoms with Crippen molar-refractivity contribution in [2.24, 2.45) is 0 Å². The van der Waals surface area contributed by atoms with Gasteiger partial charge in [-0.05, 0) is 57.8 Å². The average Bonchev–Trinajstić information content (AvgIpc) is 2.39. The molecule has 1 atom stereocenters. The van der Waals surface area contributed by atoms with Gasteiger partial charge in [0.25, 0.3) is 0 Å². The molecule has 18 heavy (non-hydrogen) atoms. The van der Waals surface area contributed by atoms with E-state index >= 15 is 0 Å². The van der Waals surface area contributed by atoms with E-state index in [9.17, 15) is 0 Å². The van der Waals surface area contributed by atoms with Crippen molar-refractivity contribution in [1.29, 1.82) is 0 Å². The van der Waals surface area contributed by atoms with Crippen molar-refractivity contribution in [2.45, 2.75) is 25.1 Å². The first-order valence-electron chi connectivity index (χ1n) is 6.19. The predicted molar refractivity (Wildman–Crippen MR) is 87.3 cm³/mol. The largest absolute Gasteiger partial charge is 0.113 e. The van der Waals surface area contributed by atoms with Crippen LogP contribution in [0.1, 0.15) is 35.4 Å². The summed E-state index contributed by atoms with van der Waals surface area (Å²) in [5, 5.41) is -0.0598. The van der Waals surface area contributed by atoms with Crippen molar-refractivity contribution in [3.63, 3.8) is 0 Å². The predicted octanol–water partition coefficient (Wildman–Crippen LogP) is 5.57. The van der Waals surface area contributed by atoms with Gasteiger partial charge in [-0.15, -0.1) is 11.6 Å². The van der Waals surface area contributed by atoms with E-state index in [1.165, 1.54) is 21.1 Å². The Labute approximate surface area is 128 Å². The molecule has 0 saturated heterocycles. The SMILES string of the molecule is CCCc1ccc(C(Cl)c2cccc(I)c2)cc1. The minimum absolute atomic E-state index is 0.0598. The lowest BCUT2D eigenvalue weighted by Crippen LogP contribution is -1.94. The molecule has 0 bridgehead atoms. The fourth-order valence-electron chi connectivity index (χ4n) is 2.00. The van der Waals surface area contributed by atoms with Crippen LogP contribution in [-0.2, 0) is 6.42 Å². The Morgan fingerprint density at radius 3 is 2.39 bits per heavy atom. The van der Waals surface area contributed by atoms with Crippen molar-refractivity contribution in [3.8, 4) is 0 Å². The quantitative estimate of drug-likeness (QED) is 0.487. The van der Waals surface area contributed by atoms with E-state index in [0.29, 0.717) is 0 Å². The molecule has 0 aliphatic heterocycles. The number of hydrogen-bond acceptors (Lipinski definition) is 0. The smallest absolute Gasteiger partial charge is 0.0835 e. The van der Waals surface area contributed by atoms with Gasteiger partial charge in [-0.25, -0.2) is 0 Å². The van der Waals surface area contributed by atoms with Gasteiger partial charge in [0.2, 0.25) is 0 Å². The number of aryl methyl sites for hydroxylation is 1. The summed E-state index contributed by atoms with van der Waals surface area (Å²) in [6.07, 6.45) is 2.32. The van der Waals surface area contributed by atoms with Crippen molar-refractivity contribution in [2.75, 3.05) is 0 Å². The maximum absolute atomic E-state index is 6.53. The van der Waals surface area contributed by atoms with Crippen LogP contribution in [0.25, 0.3) is 0 Å². The summed E-state index contributed by atoms with van der Waals surface area (Å²) in [6.45, 7) is 2.20. The third-order valence-electron chi connectivity index (χ3n) is 2.95. The molecule has 0 saturated carbocycles. The molecule has 2 aromatic rings. The van der Waals surface area contributed by atoms with Gasteiger partial charge >= 0.3 is 0 Å². The summed E-state index contributed by atoms with van der Waals surface area (Å²) < 4.78 is 1.22. The highest BCUT2D eigenvalue weighted by Crippen LogP contribution is 2.29. The highest BCUT2D eigenvalue weighted by atomic mass is 127. The van der Waals surface area contributed by atoms with Crippen molar-refractivity contribution in [1.82, 2.24) is 0 Å². The second-order valence-electron chi connectivity index (χ2n) is 4.41. The van der Waals surface area contributed by atoms with Crippen LogP contribution in [-0.4, -0.2) is 0 Å². The Morgan fingerprint density at radius 1 is 1.06 bits per heavy atom. The highest BCUT2D eigenvalue weighted by Gasteiger charge is 2.10. The van der Waals surface area contributed by atoms with E-state index in [4.69, 9.17) is 11.6 Å². The molecule has 0 fully saturated rings. The molecule has 0 aromatic heterocycles. The van der Waals surface area contributed by atoms with Crippen LogP contribution in [0.4, 0.5) is 0 Å². The summed E-state index contributed by atoms with van der Waals surface area (Å²) in [6, 6.07) is 17.0. The molecule has 0 radical (unpaired) electrons. The van der Waals surface area contributed by atoms with Crippen molar-refractivity contribution < 1.29 is 0 Å². The minimum atomic E-state index is -0.0598. The third-order valence-corrected chi connectivity index (χ3v) is 4.13. The number of alkyl halides is 1. The summed E-state index contributed by atoms with van der Waals surface area (Å²) >= 11 is 8.85. The second kappa shape index (κ2) is 6.58. The first-order valence-corrected chi connectivity index (χ1v) is 7.70. The highest BCUT2D eigenvalue weighted by molar-refractivity contribution is 14.1. The summed E-state index contributed by atoms with van der Waals surface area (Å²) in [4.78, 5) is 0. The first kappa shape index (κ1) is 13.9. The first-order chi connectivity index (χ1) is 8.70. The maximum atomic E-state index is 6.53. The number of hydrogen-bond donors (Lipinski definition) is 0. The van der Waals surface area contributed by atoms with E-state index < -0.39 is 0 Å². The van der Waals surface area contributed by atoms with Crippen molar-refractivity contribution >= 4 is 34.2 Å². The van der Waals surface area contributed by atoms with Crippen LogP contribution in [0.15, 0.2) is 48.5 Å². The van der Waals surface area contributed by atoms with Gasteiger partial charge in [0.05, 0.1) is 5.38 Å². The van der Waals surface area contributed by atoms with Crippen LogP contribution >= 0.6 is 34.2 Å². The van der Waals surface area contributed by atoms with Crippen LogP contribution < -0.4 is 0 Å². The lowest BCUT2D eigenvalue weighted by Gasteiger charge is -2.11. The molecule has 0 N–H and O–H groups in total. The van der Waals surface area contributed by atoms with E-state index in [1.54, 1.807) is 0 Å². The Bertz CT molecular complexity index is 505. The Kier molecular flexibility index (Phi) is 5.07. The number of rotatable bonds is 4. The van der Waals surface area contributed by atoms with Gasteiger partial charge in [0, 0.05) is 3.57 Å². The fraction of sp³-hybridized carbons (Fsp3) is 0.250. The molecule has 0 amide bonds. The third kappa shape index (κ3) is 3.48. The normalized spacial score (nSPS) is 12.4. The van der Waals surface area contributed by atoms with Gasteiger partial charge in [-0.2, -0.15) is 0 Å². The summed E-state index contributed by atoms with van der Waals surface area (Å²) in [5.74, 6) is 0. The Hall–Kier alpha value is -0.540. The lowest BCUT2D eigenvalue weighted by atomic mass is 10.0. The maximum Gasteiger partial charge on any atom is 0.0835 e. The van der Waals surface area contributed by atoms with Crippen molar-refractivity contribution in [3.05, 3.63) is 68.8 Å². The summed E-state index contributed by atoms with van der Waals surface area (Å²) in [5.41, 5.74) is 3.71. The van der Waals surface area contributed by atoms with E-state index in [0.717, 1.165) is 12.0 Å². The standard InChI is InChI=1S/C16H16ClI/c1-2-4-12-7-9-13(10-8-12)16(17)14-5-3-6-15(18)11-14/h3,5-11,16H,2,4H2,1H3. The van der Waals surface area contributed by atoms with Gasteiger partial charge in [-0.3, -0.25) is 0 Å². The molecule has 0 nitrogen and oxygen atoms in total. The minimum Gasteiger partial charge on any atom is -0.113 e. The molecular formula is C16H16ClI. The molecule has 0 spiro atoms. The van der Waals surface area contributed by atoms with Crippen LogP contribution in [0.5, 0.6) is 0 Å². The molecule has 94 valence electrons. The summed E-state index contributed by atoms with van der Waals surface area (Å²) in [7, 11) is 0. The van der Waals surface area contributed by atoms with Crippen LogP contribution in [0.3, 0.4) is 0 Å². The van der Waals surface area contributed by atoms with Gasteiger partial charge < -0.3 is 0 Å². The Morgan fingerprint density at radius 2 is 1.78 bits per heavy atom. The zero-order chi connectivity index (χ0) is 13.0. The molecule has 2 rings (SSSR count). The topological polar surface area (TPSA) is 0 Å². The molecule has 2 aromatic carbocycles. The number of benzene rings is 2. The molecule has 0 heterocycles. The zero-order valence-corrected chi connectivity index (χ0v) is 13.3. The average molecular weight is 371 g/mol. The van der Waals surface area contributed by atoms with E-state index in [-0.39, 0.29) is 5.38 Å². The molecule has 2 heteroatoms. The van der Waals surface area contributed by atoms with Gasteiger partial charge in [0.15, 0.2) is 0 Å². The Balaban J connectivity index is 2.20. The molecule has 0 aliphatic carbocycles. The van der Waals surface area contributed by atoms with Crippen LogP contribution in [0.2, 0.25) is 0 Å². The second-order valence-corrected chi connectivity index (χ2v) is 6.09. The fourth-order valence-corrected chi connectivity index (χ4v) is 2.85. The van der Waals surface area contributed by atoms with E-state index in [1.807, 2.05) is 0 Å². The number of halogens is 2. The van der Waals surface area contributed by atoms with Gasteiger partial charge in [-0.1, -0.05) is 49.7 Å². The monoisotopic (exact) mass is 370 g/mol. The molecular weight excluding hydrogens is 355 g/mol. The lowest BCUT2D eigenvalue weighted by molar-refractivity contribution is 0.920. The van der Waals surface area contributed by atoms with Crippen LogP contribution in [0, 0.1) is 3.57 Å². The zero-order valence-electron chi connectivity index (χ0n) is 10.4. The molecule has 0 aliphatic rings. The van der Waals surface area contributed by atoms with Gasteiger partial charge in [0.1, 0.15) is 0 Å². The molecule has 1 unspecified atom stereocenters.